The molecule has 1 aromatic rings. The van der Waals surface area contributed by atoms with E-state index in [2.05, 4.69) is 37.8 Å². The molecule has 0 bridgehead atoms. The van der Waals surface area contributed by atoms with Crippen molar-refractivity contribution >= 4 is 11.6 Å². The van der Waals surface area contributed by atoms with E-state index in [0.29, 0.717) is 5.41 Å². The van der Waals surface area contributed by atoms with Gasteiger partial charge in [0, 0.05) is 17.6 Å². The summed E-state index contributed by atoms with van der Waals surface area (Å²) in [7, 11) is 0. The zero-order valence-electron chi connectivity index (χ0n) is 12.9. The number of hydrogen-bond acceptors (Lipinski definition) is 2. The number of halogens is 1. The number of piperidine rings is 1. The summed E-state index contributed by atoms with van der Waals surface area (Å²) in [5, 5.41) is 0.838. The summed E-state index contributed by atoms with van der Waals surface area (Å²) in [4.78, 5) is 2.54. The van der Waals surface area contributed by atoms with Crippen LogP contribution < -0.4 is 5.73 Å². The minimum atomic E-state index is 0.129. The molecule has 2 N–H and O–H groups in total. The minimum Gasteiger partial charge on any atom is -0.326 e. The Labute approximate surface area is 128 Å². The lowest BCUT2D eigenvalue weighted by atomic mass is 9.82. The summed E-state index contributed by atoms with van der Waals surface area (Å²) < 4.78 is 0. The number of hydrogen-bond donors (Lipinski definition) is 1. The van der Waals surface area contributed by atoms with Crippen molar-refractivity contribution in [2.24, 2.45) is 11.1 Å². The maximum Gasteiger partial charge on any atom is 0.0514 e. The van der Waals surface area contributed by atoms with Crippen LogP contribution in [-0.4, -0.2) is 24.0 Å². The van der Waals surface area contributed by atoms with Gasteiger partial charge < -0.3 is 5.73 Å². The second-order valence-corrected chi connectivity index (χ2v) is 7.18. The summed E-state index contributed by atoms with van der Waals surface area (Å²) in [5.74, 6) is 0. The first kappa shape index (κ1) is 15.8. The summed E-state index contributed by atoms with van der Waals surface area (Å²) in [6.45, 7) is 9.06. The third kappa shape index (κ3) is 3.55. The van der Waals surface area contributed by atoms with Crippen molar-refractivity contribution < 1.29 is 0 Å². The fourth-order valence-electron chi connectivity index (χ4n) is 3.34. The van der Waals surface area contributed by atoms with Crippen LogP contribution in [0.5, 0.6) is 0 Å². The van der Waals surface area contributed by atoms with E-state index in [0.717, 1.165) is 24.5 Å². The van der Waals surface area contributed by atoms with E-state index in [1.165, 1.54) is 18.4 Å². The van der Waals surface area contributed by atoms with Crippen molar-refractivity contribution in [1.29, 1.82) is 0 Å². The number of rotatable bonds is 4. The molecule has 1 saturated heterocycles. The Balaban J connectivity index is 2.31. The lowest BCUT2D eigenvalue weighted by Crippen LogP contribution is -2.48. The lowest BCUT2D eigenvalue weighted by molar-refractivity contribution is 0.0657. The average Bonchev–Trinajstić information content (AvgIpc) is 2.40. The molecule has 2 unspecified atom stereocenters. The molecule has 3 heteroatoms. The summed E-state index contributed by atoms with van der Waals surface area (Å²) in [6, 6.07) is 8.51. The normalized spacial score (nSPS) is 22.4. The molecule has 112 valence electrons. The van der Waals surface area contributed by atoms with Gasteiger partial charge in [-0.25, -0.2) is 0 Å². The monoisotopic (exact) mass is 294 g/mol. The minimum absolute atomic E-state index is 0.129. The molecular weight excluding hydrogens is 268 g/mol. The van der Waals surface area contributed by atoms with Gasteiger partial charge in [-0.3, -0.25) is 4.90 Å². The van der Waals surface area contributed by atoms with Gasteiger partial charge in [-0.15, -0.1) is 0 Å². The maximum absolute atomic E-state index is 6.44. The summed E-state index contributed by atoms with van der Waals surface area (Å²) in [5.41, 5.74) is 7.99. The highest BCUT2D eigenvalue weighted by molar-refractivity contribution is 6.31. The predicted octanol–water partition coefficient (Wildman–Crippen LogP) is 4.24. The quantitative estimate of drug-likeness (QED) is 0.900. The molecule has 0 spiro atoms. The van der Waals surface area contributed by atoms with Crippen molar-refractivity contribution in [1.82, 2.24) is 4.90 Å². The summed E-state index contributed by atoms with van der Waals surface area (Å²) in [6.07, 6.45) is 3.50. The van der Waals surface area contributed by atoms with Crippen molar-refractivity contribution in [3.63, 3.8) is 0 Å². The predicted molar refractivity (Wildman–Crippen MR) is 87.0 cm³/mol. The van der Waals surface area contributed by atoms with Crippen LogP contribution in [-0.2, 0) is 0 Å². The van der Waals surface area contributed by atoms with Gasteiger partial charge in [0.05, 0.1) is 6.04 Å². The lowest BCUT2D eigenvalue weighted by Gasteiger charge is -2.44. The van der Waals surface area contributed by atoms with E-state index in [1.54, 1.807) is 0 Å². The molecule has 2 atom stereocenters. The van der Waals surface area contributed by atoms with Gasteiger partial charge in [-0.05, 0) is 42.9 Å². The molecule has 0 saturated carbocycles. The van der Waals surface area contributed by atoms with Crippen LogP contribution in [0.1, 0.15) is 51.6 Å². The van der Waals surface area contributed by atoms with Crippen molar-refractivity contribution in [3.8, 4) is 0 Å². The van der Waals surface area contributed by atoms with E-state index in [4.69, 9.17) is 17.3 Å². The van der Waals surface area contributed by atoms with E-state index in [9.17, 15) is 0 Å². The molecule has 1 aromatic carbocycles. The van der Waals surface area contributed by atoms with Crippen molar-refractivity contribution in [2.75, 3.05) is 13.1 Å². The molecule has 2 nitrogen and oxygen atoms in total. The van der Waals surface area contributed by atoms with Crippen LogP contribution in [0.25, 0.3) is 0 Å². The van der Waals surface area contributed by atoms with Gasteiger partial charge in [0.25, 0.3) is 0 Å². The van der Waals surface area contributed by atoms with Crippen molar-refractivity contribution in [2.45, 2.75) is 52.1 Å². The molecule has 0 aliphatic carbocycles. The Bertz CT molecular complexity index is 444. The van der Waals surface area contributed by atoms with Gasteiger partial charge in [-0.1, -0.05) is 50.6 Å². The molecule has 0 aromatic heterocycles. The third-order valence-corrected chi connectivity index (χ3v) is 4.77. The molecule has 0 radical (unpaired) electrons. The van der Waals surface area contributed by atoms with E-state index < -0.39 is 0 Å². The Morgan fingerprint density at radius 1 is 1.35 bits per heavy atom. The van der Waals surface area contributed by atoms with E-state index in [-0.39, 0.29) is 12.1 Å². The van der Waals surface area contributed by atoms with Crippen LogP contribution >= 0.6 is 11.6 Å². The second-order valence-electron chi connectivity index (χ2n) is 6.78. The number of benzene rings is 1. The Hall–Kier alpha value is -0.570. The fourth-order valence-corrected chi connectivity index (χ4v) is 3.59. The first-order valence-corrected chi connectivity index (χ1v) is 8.06. The zero-order valence-corrected chi connectivity index (χ0v) is 13.7. The van der Waals surface area contributed by atoms with E-state index >= 15 is 0 Å². The van der Waals surface area contributed by atoms with Crippen LogP contribution in [0.2, 0.25) is 5.02 Å². The van der Waals surface area contributed by atoms with Crippen molar-refractivity contribution in [3.05, 3.63) is 34.9 Å². The standard InChI is InChI=1S/C17H27ClN2/c1-4-15(19)16(13-8-5-6-9-14(13)18)20-11-7-10-17(2,3)12-20/h5-6,8-9,15-16H,4,7,10-12,19H2,1-3H3. The highest BCUT2D eigenvalue weighted by Gasteiger charge is 2.34. The van der Waals surface area contributed by atoms with Crippen LogP contribution in [0.4, 0.5) is 0 Å². The topological polar surface area (TPSA) is 29.3 Å². The fraction of sp³-hybridized carbons (Fsp3) is 0.647. The number of likely N-dealkylation sites (tertiary alicyclic amines) is 1. The summed E-state index contributed by atoms with van der Waals surface area (Å²) >= 11 is 6.43. The zero-order chi connectivity index (χ0) is 14.8. The number of nitrogens with two attached hydrogens (primary N) is 1. The second kappa shape index (κ2) is 6.46. The Kier molecular flexibility index (Phi) is 5.11. The Morgan fingerprint density at radius 3 is 2.65 bits per heavy atom. The largest absolute Gasteiger partial charge is 0.326 e. The van der Waals surface area contributed by atoms with Gasteiger partial charge in [0.1, 0.15) is 0 Å². The first-order chi connectivity index (χ1) is 9.44. The highest BCUT2D eigenvalue weighted by Crippen LogP contribution is 2.37. The highest BCUT2D eigenvalue weighted by atomic mass is 35.5. The smallest absolute Gasteiger partial charge is 0.0514 e. The molecule has 2 rings (SSSR count). The molecule has 1 aliphatic heterocycles. The number of nitrogens with zero attached hydrogens (tertiary/aromatic N) is 1. The van der Waals surface area contributed by atoms with Gasteiger partial charge in [-0.2, -0.15) is 0 Å². The van der Waals surface area contributed by atoms with Gasteiger partial charge in [0.2, 0.25) is 0 Å². The molecule has 0 amide bonds. The maximum atomic E-state index is 6.44. The molecule has 1 fully saturated rings. The van der Waals surface area contributed by atoms with E-state index in [1.807, 2.05) is 12.1 Å². The molecule has 20 heavy (non-hydrogen) atoms. The van der Waals surface area contributed by atoms with Gasteiger partial charge in [0.15, 0.2) is 0 Å². The first-order valence-electron chi connectivity index (χ1n) is 7.68. The third-order valence-electron chi connectivity index (χ3n) is 4.42. The van der Waals surface area contributed by atoms with Crippen LogP contribution in [0, 0.1) is 5.41 Å². The SMILES string of the molecule is CCC(N)C(c1ccccc1Cl)N1CCCC(C)(C)C1. The molecule has 1 aliphatic rings. The molecular formula is C17H27ClN2. The molecule has 1 heterocycles. The average molecular weight is 295 g/mol. The Morgan fingerprint density at radius 2 is 2.05 bits per heavy atom. The van der Waals surface area contributed by atoms with Crippen LogP contribution in [0.15, 0.2) is 24.3 Å². The van der Waals surface area contributed by atoms with Crippen LogP contribution in [0.3, 0.4) is 0 Å². The van der Waals surface area contributed by atoms with Gasteiger partial charge >= 0.3 is 0 Å².